The second-order valence-electron chi connectivity index (χ2n) is 5.40. The Hall–Kier alpha value is -1.88. The Morgan fingerprint density at radius 3 is 2.90 bits per heavy atom. The van der Waals surface area contributed by atoms with E-state index in [0.717, 1.165) is 5.56 Å². The first kappa shape index (κ1) is 14.1. The fourth-order valence-corrected chi connectivity index (χ4v) is 2.86. The number of carbonyl (C=O) groups is 2. The summed E-state index contributed by atoms with van der Waals surface area (Å²) in [6.07, 6.45) is 0.640. The van der Waals surface area contributed by atoms with Crippen LogP contribution in [0.3, 0.4) is 0 Å². The van der Waals surface area contributed by atoms with Crippen LogP contribution in [0, 0.1) is 0 Å². The largest absolute Gasteiger partial charge is 0.497 e. The standard InChI is InChI=1S/C16H18O5/c1-19-10-4-5-11-12-9-20-6-2-3-13(17)14(18)8-16(12)21-15(11)7-10/h4-5,7,12,16H,2-3,6,8-9H2,1H3. The lowest BCUT2D eigenvalue weighted by Crippen LogP contribution is -2.30. The molecule has 2 atom stereocenters. The van der Waals surface area contributed by atoms with Crippen molar-refractivity contribution in [1.29, 1.82) is 0 Å². The lowest BCUT2D eigenvalue weighted by atomic mass is 9.91. The Morgan fingerprint density at radius 2 is 2.10 bits per heavy atom. The zero-order chi connectivity index (χ0) is 14.8. The van der Waals surface area contributed by atoms with Crippen LogP contribution < -0.4 is 9.47 Å². The van der Waals surface area contributed by atoms with Crippen LogP contribution in [-0.4, -0.2) is 38.0 Å². The van der Waals surface area contributed by atoms with Crippen LogP contribution in [0.15, 0.2) is 18.2 Å². The molecule has 1 fully saturated rings. The molecule has 0 spiro atoms. The van der Waals surface area contributed by atoms with Crippen molar-refractivity contribution >= 4 is 11.6 Å². The molecule has 0 amide bonds. The van der Waals surface area contributed by atoms with Gasteiger partial charge < -0.3 is 14.2 Å². The van der Waals surface area contributed by atoms with Gasteiger partial charge in [-0.05, 0) is 12.5 Å². The van der Waals surface area contributed by atoms with E-state index in [1.54, 1.807) is 7.11 Å². The Morgan fingerprint density at radius 1 is 1.24 bits per heavy atom. The number of hydrogen-bond donors (Lipinski definition) is 0. The van der Waals surface area contributed by atoms with Gasteiger partial charge in [0.25, 0.3) is 0 Å². The van der Waals surface area contributed by atoms with Gasteiger partial charge >= 0.3 is 0 Å². The third-order valence-corrected chi connectivity index (χ3v) is 4.03. The van der Waals surface area contributed by atoms with E-state index >= 15 is 0 Å². The summed E-state index contributed by atoms with van der Waals surface area (Å²) in [6.45, 7) is 0.999. The molecule has 0 radical (unpaired) electrons. The molecule has 1 aromatic rings. The normalized spacial score (nSPS) is 25.8. The summed E-state index contributed by atoms with van der Waals surface area (Å²) < 4.78 is 16.7. The third-order valence-electron chi connectivity index (χ3n) is 4.03. The van der Waals surface area contributed by atoms with Gasteiger partial charge in [-0.3, -0.25) is 9.59 Å². The average Bonchev–Trinajstić information content (AvgIpc) is 2.82. The van der Waals surface area contributed by atoms with Gasteiger partial charge in [0.2, 0.25) is 5.78 Å². The summed E-state index contributed by atoms with van der Waals surface area (Å²) in [7, 11) is 1.60. The maximum absolute atomic E-state index is 12.0. The molecule has 5 heteroatoms. The van der Waals surface area contributed by atoms with Crippen LogP contribution in [0.5, 0.6) is 11.5 Å². The number of rotatable bonds is 1. The highest BCUT2D eigenvalue weighted by molar-refractivity contribution is 6.37. The molecular formula is C16H18O5. The van der Waals surface area contributed by atoms with Crippen LogP contribution in [0.2, 0.25) is 0 Å². The van der Waals surface area contributed by atoms with Crippen molar-refractivity contribution in [3.8, 4) is 11.5 Å². The molecule has 2 aliphatic heterocycles. The Bertz CT molecular complexity index is 566. The van der Waals surface area contributed by atoms with E-state index in [-0.39, 0.29) is 36.4 Å². The fourth-order valence-electron chi connectivity index (χ4n) is 2.86. The van der Waals surface area contributed by atoms with Crippen LogP contribution in [0.4, 0.5) is 0 Å². The van der Waals surface area contributed by atoms with E-state index in [1.165, 1.54) is 0 Å². The molecule has 2 aliphatic rings. The predicted octanol–water partition coefficient (Wildman–Crippen LogP) is 1.88. The zero-order valence-corrected chi connectivity index (χ0v) is 12.0. The smallest absolute Gasteiger partial charge is 0.202 e. The quantitative estimate of drug-likeness (QED) is 0.739. The molecule has 21 heavy (non-hydrogen) atoms. The molecule has 0 N–H and O–H groups in total. The monoisotopic (exact) mass is 290 g/mol. The minimum absolute atomic E-state index is 0.0132. The van der Waals surface area contributed by atoms with E-state index < -0.39 is 0 Å². The molecule has 0 saturated carbocycles. The topological polar surface area (TPSA) is 61.8 Å². The summed E-state index contributed by atoms with van der Waals surface area (Å²) in [5.41, 5.74) is 1.02. The number of hydrogen-bond acceptors (Lipinski definition) is 5. The number of carbonyl (C=O) groups excluding carboxylic acids is 2. The van der Waals surface area contributed by atoms with E-state index in [1.807, 2.05) is 18.2 Å². The van der Waals surface area contributed by atoms with Crippen LogP contribution in [0.25, 0.3) is 0 Å². The van der Waals surface area contributed by atoms with Crippen molar-refractivity contribution in [2.24, 2.45) is 0 Å². The number of ether oxygens (including phenoxy) is 3. The van der Waals surface area contributed by atoms with E-state index in [4.69, 9.17) is 14.2 Å². The number of benzene rings is 1. The van der Waals surface area contributed by atoms with Gasteiger partial charge in [0.05, 0.1) is 20.1 Å². The summed E-state index contributed by atoms with van der Waals surface area (Å²) in [5, 5.41) is 0. The molecular weight excluding hydrogens is 272 g/mol. The molecule has 112 valence electrons. The van der Waals surface area contributed by atoms with Crippen molar-refractivity contribution in [2.45, 2.75) is 31.3 Å². The highest BCUT2D eigenvalue weighted by Crippen LogP contribution is 2.42. The van der Waals surface area contributed by atoms with Gasteiger partial charge in [-0.1, -0.05) is 6.07 Å². The minimum Gasteiger partial charge on any atom is -0.497 e. The first-order valence-electron chi connectivity index (χ1n) is 7.17. The first-order chi connectivity index (χ1) is 10.2. The number of Topliss-reactive ketones (excluding diaryl/α,β-unsaturated/α-hetero) is 2. The molecule has 0 aromatic heterocycles. The van der Waals surface area contributed by atoms with Crippen molar-refractivity contribution in [3.05, 3.63) is 23.8 Å². The molecule has 2 heterocycles. The summed E-state index contributed by atoms with van der Waals surface area (Å²) >= 11 is 0. The Balaban J connectivity index is 1.87. The molecule has 3 rings (SSSR count). The van der Waals surface area contributed by atoms with Gasteiger partial charge in [0.1, 0.15) is 17.6 Å². The summed E-state index contributed by atoms with van der Waals surface area (Å²) in [6, 6.07) is 5.63. The average molecular weight is 290 g/mol. The van der Waals surface area contributed by atoms with Crippen molar-refractivity contribution in [3.63, 3.8) is 0 Å². The Labute approximate surface area is 123 Å². The molecule has 0 bridgehead atoms. The molecule has 0 aliphatic carbocycles. The highest BCUT2D eigenvalue weighted by atomic mass is 16.5. The maximum atomic E-state index is 12.0. The second-order valence-corrected chi connectivity index (χ2v) is 5.40. The van der Waals surface area contributed by atoms with Gasteiger partial charge in [-0.2, -0.15) is 0 Å². The van der Waals surface area contributed by atoms with Crippen molar-refractivity contribution in [1.82, 2.24) is 0 Å². The maximum Gasteiger partial charge on any atom is 0.202 e. The summed E-state index contributed by atoms with van der Waals surface area (Å²) in [4.78, 5) is 23.7. The SMILES string of the molecule is COc1ccc2c(c1)OC1CC(=O)C(=O)CCCOCC21. The highest BCUT2D eigenvalue weighted by Gasteiger charge is 2.37. The molecule has 5 nitrogen and oxygen atoms in total. The van der Waals surface area contributed by atoms with Crippen molar-refractivity contribution < 1.29 is 23.8 Å². The predicted molar refractivity (Wildman–Crippen MR) is 74.8 cm³/mol. The van der Waals surface area contributed by atoms with Gasteiger partial charge in [-0.25, -0.2) is 0 Å². The van der Waals surface area contributed by atoms with Crippen LogP contribution in [-0.2, 0) is 14.3 Å². The van der Waals surface area contributed by atoms with Gasteiger partial charge in [-0.15, -0.1) is 0 Å². The van der Waals surface area contributed by atoms with E-state index in [2.05, 4.69) is 0 Å². The first-order valence-corrected chi connectivity index (χ1v) is 7.17. The van der Waals surface area contributed by atoms with Crippen molar-refractivity contribution in [2.75, 3.05) is 20.3 Å². The minimum atomic E-state index is -0.341. The lowest BCUT2D eigenvalue weighted by molar-refractivity contribution is -0.138. The lowest BCUT2D eigenvalue weighted by Gasteiger charge is -2.19. The van der Waals surface area contributed by atoms with Gasteiger partial charge in [0, 0.05) is 30.6 Å². The summed E-state index contributed by atoms with van der Waals surface area (Å²) in [5.74, 6) is 0.747. The molecule has 2 unspecified atom stereocenters. The Kier molecular flexibility index (Phi) is 3.92. The van der Waals surface area contributed by atoms with E-state index in [9.17, 15) is 9.59 Å². The van der Waals surface area contributed by atoms with Crippen LogP contribution >= 0.6 is 0 Å². The third kappa shape index (κ3) is 2.78. The van der Waals surface area contributed by atoms with E-state index in [0.29, 0.717) is 31.1 Å². The zero-order valence-electron chi connectivity index (χ0n) is 12.0. The second kappa shape index (κ2) is 5.85. The number of methoxy groups -OCH3 is 1. The fraction of sp³-hybridized carbons (Fsp3) is 0.500. The van der Waals surface area contributed by atoms with Crippen LogP contribution in [0.1, 0.15) is 30.7 Å². The van der Waals surface area contributed by atoms with Gasteiger partial charge in [0.15, 0.2) is 5.78 Å². The molecule has 1 saturated heterocycles. The number of fused-ring (bicyclic) bond motifs is 3. The number of ketones is 2. The molecule has 1 aromatic carbocycles.